The summed E-state index contributed by atoms with van der Waals surface area (Å²) in [6.45, 7) is 1.96. The van der Waals surface area contributed by atoms with Gasteiger partial charge in [-0.25, -0.2) is 4.98 Å². The highest BCUT2D eigenvalue weighted by molar-refractivity contribution is 6.38. The van der Waals surface area contributed by atoms with Gasteiger partial charge in [-0.2, -0.15) is 0 Å². The van der Waals surface area contributed by atoms with Crippen molar-refractivity contribution < 1.29 is 14.3 Å². The summed E-state index contributed by atoms with van der Waals surface area (Å²) >= 11 is 13.2. The minimum atomic E-state index is -1.42. The summed E-state index contributed by atoms with van der Waals surface area (Å²) in [7, 11) is 1.52. The van der Waals surface area contributed by atoms with Crippen LogP contribution >= 0.6 is 23.2 Å². The number of Topliss-reactive ketones (excluding diaryl/α,β-unsaturated/α-hetero) is 1. The SMILES string of the molecule is Cc1ccc2cccc(OCc3c(Cl)ccc(N(C)C(=O)C(N)C(=O)c4cccc5ccccc45)c3Cl)c2n1. The Hall–Kier alpha value is -3.97. The number of amides is 1. The molecule has 0 aliphatic heterocycles. The molecule has 1 heterocycles. The van der Waals surface area contributed by atoms with Gasteiger partial charge in [0.25, 0.3) is 5.91 Å². The average molecular weight is 558 g/mol. The number of hydrogen-bond acceptors (Lipinski definition) is 5. The first-order chi connectivity index (χ1) is 18.8. The van der Waals surface area contributed by atoms with Crippen molar-refractivity contribution in [1.29, 1.82) is 0 Å². The van der Waals surface area contributed by atoms with Crippen molar-refractivity contribution in [1.82, 2.24) is 4.98 Å². The summed E-state index contributed by atoms with van der Waals surface area (Å²) in [5.41, 5.74) is 9.03. The first-order valence-corrected chi connectivity index (χ1v) is 13.0. The molecule has 0 fully saturated rings. The molecule has 5 rings (SSSR count). The standard InChI is InChI=1S/C31H25Cl2N3O3/c1-18-13-14-20-9-6-12-26(29(20)35-18)39-17-23-24(32)15-16-25(27(23)33)36(2)31(38)28(34)30(37)22-11-5-8-19-7-3-4-10-21(19)22/h3-16,28H,17,34H2,1-2H3. The molecule has 6 nitrogen and oxygen atoms in total. The molecule has 1 aromatic heterocycles. The van der Waals surface area contributed by atoms with Crippen molar-refractivity contribution in [2.24, 2.45) is 5.73 Å². The first kappa shape index (κ1) is 26.6. The summed E-state index contributed by atoms with van der Waals surface area (Å²) in [4.78, 5) is 32.5. The van der Waals surface area contributed by atoms with E-state index in [4.69, 9.17) is 33.7 Å². The van der Waals surface area contributed by atoms with Crippen LogP contribution < -0.4 is 15.4 Å². The Labute approximate surface area is 235 Å². The Morgan fingerprint density at radius 1 is 0.923 bits per heavy atom. The Morgan fingerprint density at radius 2 is 1.64 bits per heavy atom. The summed E-state index contributed by atoms with van der Waals surface area (Å²) < 4.78 is 6.09. The van der Waals surface area contributed by atoms with Crippen molar-refractivity contribution in [2.45, 2.75) is 19.6 Å². The third kappa shape index (κ3) is 5.19. The Kier molecular flexibility index (Phi) is 7.53. The lowest BCUT2D eigenvalue weighted by Gasteiger charge is -2.24. The molecule has 4 aromatic carbocycles. The third-order valence-corrected chi connectivity index (χ3v) is 7.43. The number of fused-ring (bicyclic) bond motifs is 2. The van der Waals surface area contributed by atoms with Crippen molar-refractivity contribution in [3.8, 4) is 5.75 Å². The zero-order valence-corrected chi connectivity index (χ0v) is 22.8. The number of ketones is 1. The minimum Gasteiger partial charge on any atom is -0.487 e. The fraction of sp³-hybridized carbons (Fsp3) is 0.129. The zero-order valence-electron chi connectivity index (χ0n) is 21.3. The Bertz CT molecular complexity index is 1730. The van der Waals surface area contributed by atoms with Crippen molar-refractivity contribution in [3.63, 3.8) is 0 Å². The maximum Gasteiger partial charge on any atom is 0.251 e. The second-order valence-corrected chi connectivity index (χ2v) is 9.98. The zero-order chi connectivity index (χ0) is 27.7. The lowest BCUT2D eigenvalue weighted by molar-refractivity contribution is -0.118. The minimum absolute atomic E-state index is 0.0449. The van der Waals surface area contributed by atoms with Gasteiger partial charge in [0.15, 0.2) is 5.78 Å². The molecular formula is C31H25Cl2N3O3. The number of anilines is 1. The molecule has 0 bridgehead atoms. The number of benzene rings is 4. The van der Waals surface area contributed by atoms with Crippen molar-refractivity contribution >= 4 is 62.3 Å². The quantitative estimate of drug-likeness (QED) is 0.176. The average Bonchev–Trinajstić information content (AvgIpc) is 2.95. The smallest absolute Gasteiger partial charge is 0.251 e. The molecule has 1 atom stereocenters. The topological polar surface area (TPSA) is 85.5 Å². The highest BCUT2D eigenvalue weighted by atomic mass is 35.5. The van der Waals surface area contributed by atoms with E-state index in [2.05, 4.69) is 4.98 Å². The molecule has 8 heteroatoms. The van der Waals surface area contributed by atoms with Crippen LogP contribution in [0, 0.1) is 6.92 Å². The highest BCUT2D eigenvalue weighted by Crippen LogP contribution is 2.35. The Morgan fingerprint density at radius 3 is 2.46 bits per heavy atom. The van der Waals surface area contributed by atoms with Crippen molar-refractivity contribution in [2.75, 3.05) is 11.9 Å². The van der Waals surface area contributed by atoms with Crippen molar-refractivity contribution in [3.05, 3.63) is 112 Å². The number of aryl methyl sites for hydroxylation is 1. The summed E-state index contributed by atoms with van der Waals surface area (Å²) in [6.07, 6.45) is 0. The first-order valence-electron chi connectivity index (χ1n) is 12.3. The van der Waals surface area contributed by atoms with Crippen LogP contribution in [0.1, 0.15) is 21.6 Å². The van der Waals surface area contributed by atoms with E-state index in [-0.39, 0.29) is 11.6 Å². The number of likely N-dealkylation sites (N-methyl/N-ethyl adjacent to an activating group) is 1. The number of carbonyl (C=O) groups excluding carboxylic acids is 2. The molecule has 1 amide bonds. The van der Waals surface area contributed by atoms with E-state index >= 15 is 0 Å². The molecule has 196 valence electrons. The molecule has 0 aliphatic rings. The number of aromatic nitrogens is 1. The molecule has 5 aromatic rings. The van der Waals surface area contributed by atoms with Crippen LogP contribution in [0.4, 0.5) is 5.69 Å². The van der Waals surface area contributed by atoms with Gasteiger partial charge in [0.1, 0.15) is 23.9 Å². The van der Waals surface area contributed by atoms with Crippen LogP contribution in [0.2, 0.25) is 10.0 Å². The summed E-state index contributed by atoms with van der Waals surface area (Å²) in [5.74, 6) is -0.491. The lowest BCUT2D eigenvalue weighted by Crippen LogP contribution is -2.47. The number of carbonyl (C=O) groups is 2. The maximum absolute atomic E-state index is 13.3. The van der Waals surface area contributed by atoms with E-state index < -0.39 is 17.7 Å². The molecule has 1 unspecified atom stereocenters. The molecule has 2 N–H and O–H groups in total. The molecule has 0 radical (unpaired) electrons. The van der Waals surface area contributed by atoms with Crippen LogP contribution in [0.25, 0.3) is 21.7 Å². The monoisotopic (exact) mass is 557 g/mol. The predicted molar refractivity (Wildman–Crippen MR) is 157 cm³/mol. The number of para-hydroxylation sites is 1. The van der Waals surface area contributed by atoms with Gasteiger partial charge in [-0.1, -0.05) is 83.9 Å². The molecule has 39 heavy (non-hydrogen) atoms. The number of rotatable bonds is 7. The molecule has 0 saturated heterocycles. The van der Waals surface area contributed by atoms with Gasteiger partial charge in [-0.05, 0) is 42.0 Å². The van der Waals surface area contributed by atoms with Gasteiger partial charge >= 0.3 is 0 Å². The Balaban J connectivity index is 1.39. The third-order valence-electron chi connectivity index (χ3n) is 6.66. The second-order valence-electron chi connectivity index (χ2n) is 9.19. The molecule has 0 aliphatic carbocycles. The van der Waals surface area contributed by atoms with Crippen LogP contribution in [-0.2, 0) is 11.4 Å². The number of pyridine rings is 1. The number of ether oxygens (including phenoxy) is 1. The molecule has 0 saturated carbocycles. The van der Waals surface area contributed by atoms with Crippen LogP contribution in [0.3, 0.4) is 0 Å². The maximum atomic E-state index is 13.3. The van der Waals surface area contributed by atoms with Crippen LogP contribution in [0.5, 0.6) is 5.75 Å². The summed E-state index contributed by atoms with van der Waals surface area (Å²) in [5, 5.41) is 3.17. The normalized spacial score (nSPS) is 11.9. The van der Waals surface area contributed by atoms with Gasteiger partial charge in [0.05, 0.1) is 10.7 Å². The van der Waals surface area contributed by atoms with Gasteiger partial charge in [0.2, 0.25) is 0 Å². The second kappa shape index (κ2) is 11.0. The predicted octanol–water partition coefficient (Wildman–Crippen LogP) is 6.76. The van der Waals surface area contributed by atoms with E-state index in [0.717, 1.165) is 27.4 Å². The van der Waals surface area contributed by atoms with Gasteiger partial charge in [-0.3, -0.25) is 9.59 Å². The molecular weight excluding hydrogens is 533 g/mol. The number of halogens is 2. The van der Waals surface area contributed by atoms with E-state index in [0.29, 0.717) is 27.6 Å². The van der Waals surface area contributed by atoms with E-state index in [1.807, 2.05) is 67.6 Å². The number of nitrogens with zero attached hydrogens (tertiary/aromatic N) is 2. The van der Waals surface area contributed by atoms with Gasteiger partial charge in [0, 0.05) is 34.3 Å². The van der Waals surface area contributed by atoms with E-state index in [1.54, 1.807) is 24.3 Å². The number of nitrogens with two attached hydrogens (primary N) is 1. The number of hydrogen-bond donors (Lipinski definition) is 1. The van der Waals surface area contributed by atoms with Crippen LogP contribution in [0.15, 0.2) is 84.9 Å². The lowest BCUT2D eigenvalue weighted by atomic mass is 9.97. The highest BCUT2D eigenvalue weighted by Gasteiger charge is 2.29. The van der Waals surface area contributed by atoms with Gasteiger partial charge in [-0.15, -0.1) is 0 Å². The van der Waals surface area contributed by atoms with E-state index in [9.17, 15) is 9.59 Å². The fourth-order valence-electron chi connectivity index (χ4n) is 4.51. The van der Waals surface area contributed by atoms with Gasteiger partial charge < -0.3 is 15.4 Å². The van der Waals surface area contributed by atoms with E-state index in [1.165, 1.54) is 11.9 Å². The molecule has 0 spiro atoms. The largest absolute Gasteiger partial charge is 0.487 e. The van der Waals surface area contributed by atoms with Crippen LogP contribution in [-0.4, -0.2) is 29.8 Å². The summed E-state index contributed by atoms with van der Waals surface area (Å²) in [6, 6.07) is 24.2. The fourth-order valence-corrected chi connectivity index (χ4v) is 5.11.